The second-order valence-electron chi connectivity index (χ2n) is 4.45. The zero-order chi connectivity index (χ0) is 15.6. The van der Waals surface area contributed by atoms with E-state index < -0.39 is 10.7 Å². The van der Waals surface area contributed by atoms with Gasteiger partial charge in [0.05, 0.1) is 16.7 Å². The standard InChI is InChI=1S/C14H11Br2FN2O2/c1-8(11-4-2-9(15)6-12(11)16)18-14-5-3-10(19(20)21)7-13(14)17/h2-8,18H,1H3. The first kappa shape index (κ1) is 15.9. The fraction of sp³-hybridized carbons (Fsp3) is 0.143. The quantitative estimate of drug-likeness (QED) is 0.532. The second-order valence-corrected chi connectivity index (χ2v) is 6.22. The van der Waals surface area contributed by atoms with Gasteiger partial charge in [0.15, 0.2) is 5.82 Å². The molecule has 0 aliphatic rings. The van der Waals surface area contributed by atoms with Crippen LogP contribution >= 0.6 is 31.9 Å². The number of rotatable bonds is 4. The van der Waals surface area contributed by atoms with Gasteiger partial charge < -0.3 is 5.32 Å². The Morgan fingerprint density at radius 1 is 1.24 bits per heavy atom. The van der Waals surface area contributed by atoms with E-state index in [-0.39, 0.29) is 17.4 Å². The summed E-state index contributed by atoms with van der Waals surface area (Å²) in [5, 5.41) is 13.6. The minimum atomic E-state index is -0.649. The van der Waals surface area contributed by atoms with Crippen molar-refractivity contribution in [1.29, 1.82) is 0 Å². The van der Waals surface area contributed by atoms with E-state index in [4.69, 9.17) is 0 Å². The summed E-state index contributed by atoms with van der Waals surface area (Å²) in [6.07, 6.45) is 0. The third-order valence-corrected chi connectivity index (χ3v) is 4.14. The number of anilines is 1. The summed E-state index contributed by atoms with van der Waals surface area (Å²) in [6.45, 7) is 1.88. The number of non-ortho nitro benzene ring substituents is 1. The van der Waals surface area contributed by atoms with Gasteiger partial charge in [-0.15, -0.1) is 0 Å². The molecular formula is C14H11Br2FN2O2. The molecule has 2 rings (SSSR count). The minimum absolute atomic E-state index is 0.163. The smallest absolute Gasteiger partial charge is 0.272 e. The number of nitro benzene ring substituents is 1. The number of benzene rings is 2. The summed E-state index contributed by atoms with van der Waals surface area (Å²) >= 11 is 6.83. The third-order valence-electron chi connectivity index (χ3n) is 2.96. The summed E-state index contributed by atoms with van der Waals surface area (Å²) in [5.41, 5.74) is 0.911. The summed E-state index contributed by atoms with van der Waals surface area (Å²) in [6, 6.07) is 9.10. The normalized spacial score (nSPS) is 12.0. The average Bonchev–Trinajstić information content (AvgIpc) is 2.40. The molecule has 1 unspecified atom stereocenters. The van der Waals surface area contributed by atoms with Gasteiger partial charge in [0.2, 0.25) is 0 Å². The lowest BCUT2D eigenvalue weighted by Gasteiger charge is -2.17. The van der Waals surface area contributed by atoms with Crippen LogP contribution in [-0.2, 0) is 0 Å². The molecule has 0 aliphatic heterocycles. The van der Waals surface area contributed by atoms with E-state index >= 15 is 0 Å². The van der Waals surface area contributed by atoms with Gasteiger partial charge in [0, 0.05) is 21.1 Å². The third kappa shape index (κ3) is 3.79. The number of halogens is 3. The number of nitrogens with zero attached hydrogens (tertiary/aromatic N) is 1. The Labute approximate surface area is 137 Å². The van der Waals surface area contributed by atoms with Crippen molar-refractivity contribution in [3.8, 4) is 0 Å². The Morgan fingerprint density at radius 3 is 2.52 bits per heavy atom. The molecule has 0 aromatic heterocycles. The number of hydrogen-bond acceptors (Lipinski definition) is 3. The molecule has 0 amide bonds. The topological polar surface area (TPSA) is 55.2 Å². The molecule has 0 fully saturated rings. The maximum atomic E-state index is 13.9. The van der Waals surface area contributed by atoms with Gasteiger partial charge in [-0.3, -0.25) is 10.1 Å². The van der Waals surface area contributed by atoms with Crippen LogP contribution in [0.25, 0.3) is 0 Å². The Morgan fingerprint density at radius 2 is 1.95 bits per heavy atom. The van der Waals surface area contributed by atoms with E-state index in [1.165, 1.54) is 12.1 Å². The van der Waals surface area contributed by atoms with Gasteiger partial charge >= 0.3 is 0 Å². The van der Waals surface area contributed by atoms with Crippen LogP contribution in [0.2, 0.25) is 0 Å². The van der Waals surface area contributed by atoms with Gasteiger partial charge in [0.25, 0.3) is 5.69 Å². The summed E-state index contributed by atoms with van der Waals surface area (Å²) in [7, 11) is 0. The van der Waals surface area contributed by atoms with Gasteiger partial charge in [0.1, 0.15) is 0 Å². The van der Waals surface area contributed by atoms with E-state index in [0.717, 1.165) is 20.6 Å². The van der Waals surface area contributed by atoms with Crippen LogP contribution in [0.4, 0.5) is 15.8 Å². The molecule has 0 saturated heterocycles. The largest absolute Gasteiger partial charge is 0.376 e. The number of hydrogen-bond donors (Lipinski definition) is 1. The molecule has 21 heavy (non-hydrogen) atoms. The van der Waals surface area contributed by atoms with Crippen molar-refractivity contribution >= 4 is 43.2 Å². The van der Waals surface area contributed by atoms with Crippen LogP contribution in [0.5, 0.6) is 0 Å². The van der Waals surface area contributed by atoms with Crippen molar-refractivity contribution in [3.05, 3.63) is 66.8 Å². The molecule has 110 valence electrons. The lowest BCUT2D eigenvalue weighted by Crippen LogP contribution is -2.08. The van der Waals surface area contributed by atoms with Crippen LogP contribution in [0, 0.1) is 15.9 Å². The van der Waals surface area contributed by atoms with Crippen LogP contribution < -0.4 is 5.32 Å². The molecular weight excluding hydrogens is 407 g/mol. The maximum Gasteiger partial charge on any atom is 0.272 e. The van der Waals surface area contributed by atoms with Crippen LogP contribution in [0.1, 0.15) is 18.5 Å². The van der Waals surface area contributed by atoms with E-state index in [1.54, 1.807) is 0 Å². The second kappa shape index (κ2) is 6.53. The fourth-order valence-electron chi connectivity index (χ4n) is 1.90. The first-order valence-electron chi connectivity index (χ1n) is 6.04. The monoisotopic (exact) mass is 416 g/mol. The highest BCUT2D eigenvalue weighted by atomic mass is 79.9. The Hall–Kier alpha value is -1.47. The molecule has 0 aliphatic carbocycles. The van der Waals surface area contributed by atoms with E-state index in [9.17, 15) is 14.5 Å². The molecule has 2 aromatic carbocycles. The molecule has 0 saturated carbocycles. The first-order valence-corrected chi connectivity index (χ1v) is 7.62. The van der Waals surface area contributed by atoms with Crippen molar-refractivity contribution in [2.75, 3.05) is 5.32 Å². The molecule has 7 heteroatoms. The van der Waals surface area contributed by atoms with Gasteiger partial charge in [-0.2, -0.15) is 0 Å². The van der Waals surface area contributed by atoms with Crippen molar-refractivity contribution in [3.63, 3.8) is 0 Å². The van der Waals surface area contributed by atoms with E-state index in [0.29, 0.717) is 0 Å². The van der Waals surface area contributed by atoms with Crippen LogP contribution in [-0.4, -0.2) is 4.92 Å². The average molecular weight is 418 g/mol. The highest BCUT2D eigenvalue weighted by Gasteiger charge is 2.14. The van der Waals surface area contributed by atoms with E-state index in [2.05, 4.69) is 37.2 Å². The van der Waals surface area contributed by atoms with Crippen LogP contribution in [0.3, 0.4) is 0 Å². The molecule has 4 nitrogen and oxygen atoms in total. The predicted octanol–water partition coefficient (Wildman–Crippen LogP) is 5.43. The highest BCUT2D eigenvalue weighted by molar-refractivity contribution is 9.11. The van der Waals surface area contributed by atoms with Crippen molar-refractivity contribution < 1.29 is 9.31 Å². The summed E-state index contributed by atoms with van der Waals surface area (Å²) < 4.78 is 15.7. The molecule has 0 bridgehead atoms. The molecule has 0 heterocycles. The van der Waals surface area contributed by atoms with Crippen molar-refractivity contribution in [2.24, 2.45) is 0 Å². The minimum Gasteiger partial charge on any atom is -0.376 e. The molecule has 1 N–H and O–H groups in total. The summed E-state index contributed by atoms with van der Waals surface area (Å²) in [5.74, 6) is -0.649. The molecule has 0 spiro atoms. The van der Waals surface area contributed by atoms with Gasteiger partial charge in [-0.1, -0.05) is 37.9 Å². The first-order chi connectivity index (χ1) is 9.88. The number of nitrogens with one attached hydrogen (secondary N) is 1. The maximum absolute atomic E-state index is 13.9. The fourth-order valence-corrected chi connectivity index (χ4v) is 3.29. The Kier molecular flexibility index (Phi) is 4.95. The molecule has 0 radical (unpaired) electrons. The molecule has 1 atom stereocenters. The SMILES string of the molecule is CC(Nc1ccc([N+](=O)[O-])cc1F)c1ccc(Br)cc1Br. The summed E-state index contributed by atoms with van der Waals surface area (Å²) in [4.78, 5) is 9.97. The van der Waals surface area contributed by atoms with Crippen LogP contribution in [0.15, 0.2) is 45.3 Å². The zero-order valence-corrected chi connectivity index (χ0v) is 14.1. The van der Waals surface area contributed by atoms with Gasteiger partial charge in [-0.25, -0.2) is 4.39 Å². The molecule has 2 aromatic rings. The highest BCUT2D eigenvalue weighted by Crippen LogP contribution is 2.30. The predicted molar refractivity (Wildman–Crippen MR) is 86.9 cm³/mol. The lowest BCUT2D eigenvalue weighted by atomic mass is 10.1. The lowest BCUT2D eigenvalue weighted by molar-refractivity contribution is -0.385. The Balaban J connectivity index is 2.23. The van der Waals surface area contributed by atoms with Crippen molar-refractivity contribution in [2.45, 2.75) is 13.0 Å². The number of nitro groups is 1. The Bertz CT molecular complexity index is 695. The zero-order valence-electron chi connectivity index (χ0n) is 10.9. The van der Waals surface area contributed by atoms with Gasteiger partial charge in [-0.05, 0) is 30.7 Å². The van der Waals surface area contributed by atoms with Crippen molar-refractivity contribution in [1.82, 2.24) is 0 Å². The van der Waals surface area contributed by atoms with E-state index in [1.807, 2.05) is 25.1 Å².